The minimum Gasteiger partial charge on any atom is -0.310 e. The van der Waals surface area contributed by atoms with Gasteiger partial charge in [0.2, 0.25) is 0 Å². The van der Waals surface area contributed by atoms with E-state index in [0.29, 0.717) is 0 Å². The van der Waals surface area contributed by atoms with Gasteiger partial charge in [0, 0.05) is 33.8 Å². The molecule has 0 saturated carbocycles. The van der Waals surface area contributed by atoms with E-state index in [1.165, 1.54) is 133 Å². The van der Waals surface area contributed by atoms with Crippen LogP contribution in [0, 0.1) is 0 Å². The Morgan fingerprint density at radius 3 is 1.57 bits per heavy atom. The molecular formula is C79H50N2. The summed E-state index contributed by atoms with van der Waals surface area (Å²) in [6.07, 6.45) is 0. The van der Waals surface area contributed by atoms with Crippen LogP contribution >= 0.6 is 0 Å². The summed E-state index contributed by atoms with van der Waals surface area (Å²) in [5.41, 5.74) is 27.8. The van der Waals surface area contributed by atoms with Gasteiger partial charge in [0.15, 0.2) is 0 Å². The van der Waals surface area contributed by atoms with Crippen molar-refractivity contribution in [2.75, 3.05) is 4.90 Å². The van der Waals surface area contributed by atoms with Crippen molar-refractivity contribution >= 4 is 49.6 Å². The minimum absolute atomic E-state index is 0.133. The number of aromatic nitrogens is 1. The molecule has 14 aromatic rings. The Balaban J connectivity index is 0.913. The van der Waals surface area contributed by atoms with E-state index in [1.807, 2.05) is 0 Å². The van der Waals surface area contributed by atoms with E-state index in [-0.39, 0.29) is 5.92 Å². The zero-order valence-electron chi connectivity index (χ0n) is 44.3. The molecule has 1 spiro atoms. The molecule has 81 heavy (non-hydrogen) atoms. The molecule has 2 nitrogen and oxygen atoms in total. The molecule has 0 amide bonds. The van der Waals surface area contributed by atoms with Gasteiger partial charge in [-0.1, -0.05) is 249 Å². The average Bonchev–Trinajstić information content (AvgIpc) is 2.70. The normalized spacial score (nSPS) is 15.5. The highest BCUT2D eigenvalue weighted by Crippen LogP contribution is 2.63. The van der Waals surface area contributed by atoms with Crippen molar-refractivity contribution in [3.05, 3.63) is 358 Å². The van der Waals surface area contributed by atoms with Gasteiger partial charge in [-0.05, 0) is 154 Å². The van der Waals surface area contributed by atoms with E-state index in [4.69, 9.17) is 0 Å². The van der Waals surface area contributed by atoms with Crippen LogP contribution in [-0.4, -0.2) is 4.57 Å². The molecule has 2 heterocycles. The Labute approximate surface area is 470 Å². The lowest BCUT2D eigenvalue weighted by Crippen LogP contribution is -2.33. The number of anilines is 3. The van der Waals surface area contributed by atoms with Crippen molar-refractivity contribution in [3.63, 3.8) is 0 Å². The van der Waals surface area contributed by atoms with Crippen LogP contribution in [0.4, 0.5) is 17.1 Å². The number of nitrogens with zero attached hydrogens (tertiary/aromatic N) is 2. The first-order chi connectivity index (χ1) is 40.2. The van der Waals surface area contributed by atoms with Gasteiger partial charge >= 0.3 is 0 Å². The second-order valence-corrected chi connectivity index (χ2v) is 22.6. The standard InChI is InChI=1S/C79H50N2/c1-3-21-52(22-4-1)78(53-23-5-2-6-24-53)69-47-40-50-20-7-8-25-57(50)76(69)66-46-44-56(49-72(66)78)80(54-41-38-51(39-42-54)75-63-30-11-9-26-58(63)59-27-10-12-31-64(59)75)55-43-45-61-60-28-13-15-33-67(60)79(71(61)48-55)68-34-16-18-37-74(68)81-73-36-17-14-29-62(73)65-32-19-35-70(79)77(65)81/h1-49,75H. The quantitative estimate of drug-likeness (QED) is 0.161. The molecule has 13 aromatic carbocycles. The predicted octanol–water partition coefficient (Wildman–Crippen LogP) is 19.6. The summed E-state index contributed by atoms with van der Waals surface area (Å²) in [7, 11) is 0. The Morgan fingerprint density at radius 2 is 0.840 bits per heavy atom. The Hall–Kier alpha value is -10.3. The first-order valence-corrected chi connectivity index (χ1v) is 28.4. The van der Waals surface area contributed by atoms with Crippen LogP contribution in [0.15, 0.2) is 297 Å². The van der Waals surface area contributed by atoms with E-state index >= 15 is 0 Å². The largest absolute Gasteiger partial charge is 0.310 e. The number of benzene rings is 13. The zero-order chi connectivity index (χ0) is 53.0. The Kier molecular flexibility index (Phi) is 9.17. The van der Waals surface area contributed by atoms with Crippen molar-refractivity contribution < 1.29 is 0 Å². The topological polar surface area (TPSA) is 8.17 Å². The van der Waals surface area contributed by atoms with Gasteiger partial charge in [-0.3, -0.25) is 0 Å². The highest BCUT2D eigenvalue weighted by molar-refractivity contribution is 6.13. The SMILES string of the molecule is c1ccc(C2(c3ccccc3)c3cc(N(c4ccc(C5c6ccccc6-c6ccccc65)cc4)c4ccc5c(c4)C4(c6ccccc6-5)c5ccccc5-n5c6ccccc6c6cccc4c65)ccc3-c3c2ccc2ccccc32)cc1. The molecule has 1 unspecified atom stereocenters. The van der Waals surface area contributed by atoms with Crippen molar-refractivity contribution in [3.8, 4) is 39.1 Å². The summed E-state index contributed by atoms with van der Waals surface area (Å²) in [6, 6.07) is 113. The minimum atomic E-state index is -0.613. The molecule has 0 fully saturated rings. The summed E-state index contributed by atoms with van der Waals surface area (Å²) in [5, 5.41) is 5.06. The summed E-state index contributed by atoms with van der Waals surface area (Å²) in [6.45, 7) is 0. The van der Waals surface area contributed by atoms with Crippen LogP contribution in [0.2, 0.25) is 0 Å². The highest BCUT2D eigenvalue weighted by Gasteiger charge is 2.52. The van der Waals surface area contributed by atoms with Gasteiger partial charge in [0.1, 0.15) is 0 Å². The molecule has 0 bridgehead atoms. The van der Waals surface area contributed by atoms with Crippen LogP contribution < -0.4 is 4.90 Å². The zero-order valence-corrected chi connectivity index (χ0v) is 44.3. The van der Waals surface area contributed by atoms with Gasteiger partial charge < -0.3 is 9.47 Å². The van der Waals surface area contributed by atoms with Crippen LogP contribution in [0.3, 0.4) is 0 Å². The fourth-order valence-corrected chi connectivity index (χ4v) is 15.9. The van der Waals surface area contributed by atoms with Crippen molar-refractivity contribution in [1.82, 2.24) is 4.57 Å². The molecule has 1 atom stereocenters. The average molecular weight is 1030 g/mol. The molecule has 376 valence electrons. The first kappa shape index (κ1) is 44.7. The summed E-state index contributed by atoms with van der Waals surface area (Å²) >= 11 is 0. The molecule has 1 aliphatic heterocycles. The number of hydrogen-bond acceptors (Lipinski definition) is 1. The van der Waals surface area contributed by atoms with Gasteiger partial charge in [0.25, 0.3) is 0 Å². The summed E-state index contributed by atoms with van der Waals surface area (Å²) in [4.78, 5) is 2.55. The van der Waals surface area contributed by atoms with E-state index < -0.39 is 10.8 Å². The van der Waals surface area contributed by atoms with Crippen molar-refractivity contribution in [1.29, 1.82) is 0 Å². The van der Waals surface area contributed by atoms with Crippen LogP contribution in [0.25, 0.3) is 71.6 Å². The van der Waals surface area contributed by atoms with Gasteiger partial charge in [0.05, 0.1) is 27.6 Å². The lowest BCUT2D eigenvalue weighted by Gasteiger charge is -2.40. The number of fused-ring (bicyclic) bond motifs is 20. The first-order valence-electron chi connectivity index (χ1n) is 28.4. The van der Waals surface area contributed by atoms with Crippen molar-refractivity contribution in [2.24, 2.45) is 0 Å². The second-order valence-electron chi connectivity index (χ2n) is 22.6. The van der Waals surface area contributed by atoms with E-state index in [0.717, 1.165) is 17.1 Å². The molecule has 3 aliphatic carbocycles. The molecule has 2 heteroatoms. The van der Waals surface area contributed by atoms with Crippen LogP contribution in [-0.2, 0) is 10.8 Å². The molecule has 4 aliphatic rings. The van der Waals surface area contributed by atoms with Crippen molar-refractivity contribution in [2.45, 2.75) is 16.7 Å². The molecule has 18 rings (SSSR count). The summed E-state index contributed by atoms with van der Waals surface area (Å²) < 4.78 is 2.54. The third-order valence-electron chi connectivity index (χ3n) is 18.9. The monoisotopic (exact) mass is 1030 g/mol. The fourth-order valence-electron chi connectivity index (χ4n) is 15.9. The molecule has 0 radical (unpaired) electrons. The maximum atomic E-state index is 2.55. The predicted molar refractivity (Wildman–Crippen MR) is 334 cm³/mol. The number of rotatable bonds is 6. The second kappa shape index (κ2) is 16.6. The van der Waals surface area contributed by atoms with Crippen LogP contribution in [0.1, 0.15) is 67.1 Å². The lowest BCUT2D eigenvalue weighted by molar-refractivity contribution is 0.748. The van der Waals surface area contributed by atoms with E-state index in [9.17, 15) is 0 Å². The Bertz CT molecular complexity index is 4860. The fraction of sp³-hybridized carbons (Fsp3) is 0.0380. The number of para-hydroxylation sites is 3. The molecule has 0 saturated heterocycles. The van der Waals surface area contributed by atoms with E-state index in [2.05, 4.69) is 307 Å². The molecule has 1 aromatic heterocycles. The van der Waals surface area contributed by atoms with Gasteiger partial charge in [-0.25, -0.2) is 0 Å². The molecule has 0 N–H and O–H groups in total. The maximum absolute atomic E-state index is 2.55. The smallest absolute Gasteiger partial charge is 0.0755 e. The number of hydrogen-bond donors (Lipinski definition) is 0. The maximum Gasteiger partial charge on any atom is 0.0755 e. The highest BCUT2D eigenvalue weighted by atomic mass is 15.1. The van der Waals surface area contributed by atoms with Crippen LogP contribution in [0.5, 0.6) is 0 Å². The van der Waals surface area contributed by atoms with Gasteiger partial charge in [-0.15, -0.1) is 0 Å². The lowest BCUT2D eigenvalue weighted by atomic mass is 9.65. The van der Waals surface area contributed by atoms with E-state index in [1.54, 1.807) is 0 Å². The Morgan fingerprint density at radius 1 is 0.309 bits per heavy atom. The third-order valence-corrected chi connectivity index (χ3v) is 18.9. The van der Waals surface area contributed by atoms with Gasteiger partial charge in [-0.2, -0.15) is 0 Å². The molecular weight excluding hydrogens is 977 g/mol. The summed E-state index contributed by atoms with van der Waals surface area (Å²) in [5.74, 6) is 0.133. The third kappa shape index (κ3) is 5.80.